The Morgan fingerprint density at radius 1 is 1.00 bits per heavy atom. The van der Waals surface area contributed by atoms with Crippen LogP contribution in [0.5, 0.6) is 0 Å². The van der Waals surface area contributed by atoms with E-state index in [0.29, 0.717) is 5.02 Å². The molecular weight excluding hydrogens is 326 g/mol. The van der Waals surface area contributed by atoms with Crippen LogP contribution in [-0.2, 0) is 4.79 Å². The van der Waals surface area contributed by atoms with Crippen molar-refractivity contribution < 1.29 is 4.79 Å². The van der Waals surface area contributed by atoms with E-state index in [9.17, 15) is 4.79 Å². The van der Waals surface area contributed by atoms with Crippen LogP contribution >= 0.6 is 23.4 Å². The summed E-state index contributed by atoms with van der Waals surface area (Å²) >= 11 is 7.62. The topological polar surface area (TPSA) is 29.1 Å². The molecule has 116 valence electrons. The molecule has 0 fully saturated rings. The van der Waals surface area contributed by atoms with E-state index in [1.165, 1.54) is 11.8 Å². The molecule has 0 bridgehead atoms. The SMILES string of the molecule is C[C@@H](Sc1ccccc1Cl)C(=O)Nc1cccc2ccccc12. The summed E-state index contributed by atoms with van der Waals surface area (Å²) in [5.41, 5.74) is 0.833. The maximum absolute atomic E-state index is 12.5. The van der Waals surface area contributed by atoms with E-state index < -0.39 is 0 Å². The molecule has 3 aromatic rings. The minimum Gasteiger partial charge on any atom is -0.325 e. The van der Waals surface area contributed by atoms with Crippen LogP contribution in [0.1, 0.15) is 6.92 Å². The molecule has 0 unspecified atom stereocenters. The quantitative estimate of drug-likeness (QED) is 0.625. The summed E-state index contributed by atoms with van der Waals surface area (Å²) in [5.74, 6) is -0.0359. The Morgan fingerprint density at radius 2 is 1.70 bits per heavy atom. The fourth-order valence-electron chi connectivity index (χ4n) is 2.35. The predicted octanol–water partition coefficient (Wildman–Crippen LogP) is 5.61. The summed E-state index contributed by atoms with van der Waals surface area (Å²) < 4.78 is 0. The summed E-state index contributed by atoms with van der Waals surface area (Å²) in [6.45, 7) is 1.88. The maximum Gasteiger partial charge on any atom is 0.237 e. The van der Waals surface area contributed by atoms with E-state index >= 15 is 0 Å². The van der Waals surface area contributed by atoms with Gasteiger partial charge in [-0.15, -0.1) is 11.8 Å². The van der Waals surface area contributed by atoms with Crippen LogP contribution in [-0.4, -0.2) is 11.2 Å². The molecule has 1 N–H and O–H groups in total. The minimum atomic E-state index is -0.242. The van der Waals surface area contributed by atoms with Gasteiger partial charge < -0.3 is 5.32 Å². The zero-order valence-corrected chi connectivity index (χ0v) is 14.2. The highest BCUT2D eigenvalue weighted by molar-refractivity contribution is 8.00. The number of anilines is 1. The van der Waals surface area contributed by atoms with Gasteiger partial charge in [0.1, 0.15) is 0 Å². The van der Waals surface area contributed by atoms with Crippen LogP contribution in [0.2, 0.25) is 5.02 Å². The molecular formula is C19H16ClNOS. The largest absolute Gasteiger partial charge is 0.325 e. The zero-order valence-electron chi connectivity index (χ0n) is 12.6. The van der Waals surface area contributed by atoms with Gasteiger partial charge in [0.2, 0.25) is 5.91 Å². The van der Waals surface area contributed by atoms with Crippen LogP contribution in [0, 0.1) is 0 Å². The average molecular weight is 342 g/mol. The maximum atomic E-state index is 12.5. The molecule has 3 rings (SSSR count). The number of amides is 1. The fraction of sp³-hybridized carbons (Fsp3) is 0.105. The standard InChI is InChI=1S/C19H16ClNOS/c1-13(23-18-12-5-4-10-16(18)20)19(22)21-17-11-6-8-14-7-2-3-9-15(14)17/h2-13H,1H3,(H,21,22)/t13-/m1/s1. The molecule has 0 saturated carbocycles. The number of fused-ring (bicyclic) bond motifs is 1. The first-order valence-corrected chi connectivity index (χ1v) is 8.61. The number of hydrogen-bond donors (Lipinski definition) is 1. The first-order chi connectivity index (χ1) is 11.1. The van der Waals surface area contributed by atoms with E-state index in [1.807, 2.05) is 73.7 Å². The van der Waals surface area contributed by atoms with Crippen molar-refractivity contribution >= 4 is 45.7 Å². The molecule has 1 amide bonds. The summed E-state index contributed by atoms with van der Waals surface area (Å²) in [5, 5.41) is 5.60. The Hall–Kier alpha value is -1.97. The van der Waals surface area contributed by atoms with Gasteiger partial charge in [-0.3, -0.25) is 4.79 Å². The van der Waals surface area contributed by atoms with Crippen LogP contribution in [0.3, 0.4) is 0 Å². The van der Waals surface area contributed by atoms with Gasteiger partial charge in [-0.25, -0.2) is 0 Å². The van der Waals surface area contributed by atoms with Crippen molar-refractivity contribution in [2.45, 2.75) is 17.1 Å². The third-order valence-corrected chi connectivity index (χ3v) is 5.18. The number of nitrogens with one attached hydrogen (secondary N) is 1. The molecule has 0 radical (unpaired) electrons. The number of carbonyl (C=O) groups is 1. The number of benzene rings is 3. The highest BCUT2D eigenvalue weighted by Crippen LogP contribution is 2.31. The van der Waals surface area contributed by atoms with Crippen molar-refractivity contribution in [3.05, 3.63) is 71.8 Å². The smallest absolute Gasteiger partial charge is 0.237 e. The second kappa shape index (κ2) is 7.07. The van der Waals surface area contributed by atoms with Gasteiger partial charge in [0.05, 0.1) is 10.3 Å². The Morgan fingerprint density at radius 3 is 2.52 bits per heavy atom. The van der Waals surface area contributed by atoms with Gasteiger partial charge in [0, 0.05) is 16.0 Å². The molecule has 0 aliphatic rings. The molecule has 0 aromatic heterocycles. The van der Waals surface area contributed by atoms with Crippen LogP contribution in [0.4, 0.5) is 5.69 Å². The van der Waals surface area contributed by atoms with Gasteiger partial charge in [-0.1, -0.05) is 60.1 Å². The highest BCUT2D eigenvalue weighted by Gasteiger charge is 2.16. The van der Waals surface area contributed by atoms with Crippen molar-refractivity contribution in [1.29, 1.82) is 0 Å². The highest BCUT2D eigenvalue weighted by atomic mass is 35.5. The first-order valence-electron chi connectivity index (χ1n) is 7.35. The molecule has 0 heterocycles. The lowest BCUT2D eigenvalue weighted by Crippen LogP contribution is -2.22. The van der Waals surface area contributed by atoms with E-state index in [1.54, 1.807) is 0 Å². The van der Waals surface area contributed by atoms with Crippen molar-refractivity contribution in [2.24, 2.45) is 0 Å². The Bertz CT molecular complexity index is 844. The second-order valence-electron chi connectivity index (χ2n) is 5.21. The van der Waals surface area contributed by atoms with E-state index in [4.69, 9.17) is 11.6 Å². The molecule has 0 aliphatic carbocycles. The molecule has 23 heavy (non-hydrogen) atoms. The lowest BCUT2D eigenvalue weighted by atomic mass is 10.1. The molecule has 1 atom stereocenters. The van der Waals surface area contributed by atoms with Gasteiger partial charge in [-0.05, 0) is 30.5 Å². The van der Waals surface area contributed by atoms with E-state index in [-0.39, 0.29) is 11.2 Å². The van der Waals surface area contributed by atoms with Crippen molar-refractivity contribution in [1.82, 2.24) is 0 Å². The minimum absolute atomic E-state index is 0.0359. The number of thioether (sulfide) groups is 1. The van der Waals surface area contributed by atoms with Gasteiger partial charge in [-0.2, -0.15) is 0 Å². The van der Waals surface area contributed by atoms with Crippen LogP contribution < -0.4 is 5.32 Å². The zero-order chi connectivity index (χ0) is 16.2. The van der Waals surface area contributed by atoms with Crippen molar-refractivity contribution in [2.75, 3.05) is 5.32 Å². The van der Waals surface area contributed by atoms with Gasteiger partial charge >= 0.3 is 0 Å². The number of halogens is 1. The molecule has 0 aliphatic heterocycles. The summed E-state index contributed by atoms with van der Waals surface area (Å²) in [6.07, 6.45) is 0. The van der Waals surface area contributed by atoms with Crippen LogP contribution in [0.15, 0.2) is 71.6 Å². The van der Waals surface area contributed by atoms with Crippen molar-refractivity contribution in [3.63, 3.8) is 0 Å². The lowest BCUT2D eigenvalue weighted by molar-refractivity contribution is -0.115. The second-order valence-corrected chi connectivity index (χ2v) is 7.00. The Labute approximate surface area is 144 Å². The Balaban J connectivity index is 1.77. The first kappa shape index (κ1) is 15.9. The molecule has 2 nitrogen and oxygen atoms in total. The van der Waals surface area contributed by atoms with Crippen molar-refractivity contribution in [3.8, 4) is 0 Å². The molecule has 4 heteroatoms. The summed E-state index contributed by atoms with van der Waals surface area (Å²) in [7, 11) is 0. The van der Waals surface area contributed by atoms with E-state index in [2.05, 4.69) is 5.32 Å². The summed E-state index contributed by atoms with van der Waals surface area (Å²) in [6, 6.07) is 21.5. The molecule has 0 spiro atoms. The molecule has 3 aromatic carbocycles. The van der Waals surface area contributed by atoms with Gasteiger partial charge in [0.25, 0.3) is 0 Å². The molecule has 0 saturated heterocycles. The van der Waals surface area contributed by atoms with E-state index in [0.717, 1.165) is 21.4 Å². The lowest BCUT2D eigenvalue weighted by Gasteiger charge is -2.14. The fourth-order valence-corrected chi connectivity index (χ4v) is 3.51. The van der Waals surface area contributed by atoms with Gasteiger partial charge in [0.15, 0.2) is 0 Å². The predicted molar refractivity (Wildman–Crippen MR) is 99.3 cm³/mol. The van der Waals surface area contributed by atoms with Crippen LogP contribution in [0.25, 0.3) is 10.8 Å². The third kappa shape index (κ3) is 3.69. The number of hydrogen-bond acceptors (Lipinski definition) is 2. The third-order valence-electron chi connectivity index (χ3n) is 3.56. The normalized spacial score (nSPS) is 12.1. The monoisotopic (exact) mass is 341 g/mol. The number of rotatable bonds is 4. The Kier molecular flexibility index (Phi) is 4.89. The average Bonchev–Trinajstić information content (AvgIpc) is 2.57. The number of carbonyl (C=O) groups excluding carboxylic acids is 1. The summed E-state index contributed by atoms with van der Waals surface area (Å²) in [4.78, 5) is 13.4.